The molecule has 0 aromatic carbocycles. The Hall–Kier alpha value is -1.36. The van der Waals surface area contributed by atoms with Crippen molar-refractivity contribution in [3.63, 3.8) is 0 Å². The molecule has 80 valence electrons. The van der Waals surface area contributed by atoms with Crippen molar-refractivity contribution in [3.05, 3.63) is 11.0 Å². The van der Waals surface area contributed by atoms with Crippen LogP contribution < -0.4 is 10.2 Å². The highest BCUT2D eigenvalue weighted by molar-refractivity contribution is 6.28. The molecule has 1 aliphatic rings. The van der Waals surface area contributed by atoms with Gasteiger partial charge >= 0.3 is 0 Å². The second kappa shape index (κ2) is 3.34. The molecule has 2 heterocycles. The third-order valence-corrected chi connectivity index (χ3v) is 2.46. The molecule has 0 saturated heterocycles. The Kier molecular flexibility index (Phi) is 1.56. The number of halogens is 1. The van der Waals surface area contributed by atoms with Gasteiger partial charge in [0.2, 0.25) is 11.2 Å². The van der Waals surface area contributed by atoms with Crippen LogP contribution in [0.5, 0.6) is 0 Å². The maximum Gasteiger partial charge on any atom is 0.246 e. The third-order valence-electron chi connectivity index (χ3n) is 2.29. The number of nitrogens with zero attached hydrogens (tertiary/aromatic N) is 3. The van der Waals surface area contributed by atoms with Gasteiger partial charge in [0.25, 0.3) is 0 Å². The summed E-state index contributed by atoms with van der Waals surface area (Å²) in [6, 6.07) is -0.852. The molecule has 1 amide bonds. The molecule has 0 saturated carbocycles. The molecule has 2 rings (SSSR count). The second-order valence-electron chi connectivity index (χ2n) is 3.31. The molecule has 0 radical (unpaired) electrons. The zero-order chi connectivity index (χ0) is 13.7. The van der Waals surface area contributed by atoms with E-state index in [1.165, 1.54) is 6.92 Å². The number of aromatic nitrogens is 2. The van der Waals surface area contributed by atoms with Crippen molar-refractivity contribution in [1.29, 1.82) is 0 Å². The first-order chi connectivity index (χ1) is 8.21. The summed E-state index contributed by atoms with van der Waals surface area (Å²) in [5.74, 6) is -0.285. The Morgan fingerprint density at radius 2 is 2.33 bits per heavy atom. The van der Waals surface area contributed by atoms with Crippen LogP contribution in [0.25, 0.3) is 0 Å². The molecule has 1 aliphatic heterocycles. The molecule has 5 nitrogen and oxygen atoms in total. The minimum atomic E-state index is -2.48. The number of hydrogen-bond acceptors (Lipinski definition) is 4. The Labute approximate surface area is 96.7 Å². The summed E-state index contributed by atoms with van der Waals surface area (Å²) >= 11 is 5.74. The van der Waals surface area contributed by atoms with Gasteiger partial charge in [-0.25, -0.2) is 4.98 Å². The molecule has 0 fully saturated rings. The van der Waals surface area contributed by atoms with E-state index >= 15 is 0 Å². The number of hydrogen-bond donors (Lipinski definition) is 1. The normalized spacial score (nSPS) is 23.7. The van der Waals surface area contributed by atoms with Crippen molar-refractivity contribution in [2.75, 3.05) is 17.2 Å². The predicted molar refractivity (Wildman–Crippen MR) is 58.3 cm³/mol. The van der Waals surface area contributed by atoms with Crippen LogP contribution in [0.2, 0.25) is 5.28 Å². The fraction of sp³-hybridized carbons (Fsp3) is 0.444. The topological polar surface area (TPSA) is 58.1 Å². The lowest BCUT2D eigenvalue weighted by molar-refractivity contribution is -0.117. The number of fused-ring (bicyclic) bond motifs is 1. The van der Waals surface area contributed by atoms with Gasteiger partial charge in [0.05, 0.1) is 5.69 Å². The molecule has 1 aromatic heterocycles. The molecular weight excluding hydrogens is 216 g/mol. The van der Waals surface area contributed by atoms with Crippen LogP contribution in [-0.4, -0.2) is 28.9 Å². The maximum atomic E-state index is 11.8. The van der Waals surface area contributed by atoms with E-state index in [0.717, 1.165) is 4.90 Å². The van der Waals surface area contributed by atoms with Crippen molar-refractivity contribution >= 4 is 29.0 Å². The van der Waals surface area contributed by atoms with Crippen LogP contribution in [0.15, 0.2) is 0 Å². The van der Waals surface area contributed by atoms with Gasteiger partial charge in [-0.1, -0.05) is 0 Å². The number of anilines is 2. The third kappa shape index (κ3) is 1.52. The van der Waals surface area contributed by atoms with E-state index in [1.54, 1.807) is 6.92 Å². The molecule has 0 spiro atoms. The summed E-state index contributed by atoms with van der Waals surface area (Å²) in [4.78, 5) is 20.5. The van der Waals surface area contributed by atoms with Crippen LogP contribution in [-0.2, 0) is 4.79 Å². The lowest BCUT2D eigenvalue weighted by atomic mass is 10.2. The molecule has 0 unspecified atom stereocenters. The monoisotopic (exact) mass is 229 g/mol. The molecule has 0 bridgehead atoms. The lowest BCUT2D eigenvalue weighted by Crippen LogP contribution is -2.44. The summed E-state index contributed by atoms with van der Waals surface area (Å²) in [5.41, 5.74) is 0.720. The van der Waals surface area contributed by atoms with E-state index < -0.39 is 18.9 Å². The molecule has 15 heavy (non-hydrogen) atoms. The number of amides is 1. The number of carbonyl (C=O) groups is 1. The van der Waals surface area contributed by atoms with E-state index in [1.807, 2.05) is 0 Å². The van der Waals surface area contributed by atoms with Crippen molar-refractivity contribution in [2.24, 2.45) is 0 Å². The van der Waals surface area contributed by atoms with Gasteiger partial charge in [-0.15, -0.1) is 0 Å². The summed E-state index contributed by atoms with van der Waals surface area (Å²) in [6.45, 7) is 0.645. The second-order valence-corrected chi connectivity index (χ2v) is 3.65. The molecular formula is C9H11ClN4O. The maximum absolute atomic E-state index is 11.8. The average Bonchev–Trinajstić information content (AvgIpc) is 2.19. The number of carbonyl (C=O) groups excluding carboxylic acids is 1. The van der Waals surface area contributed by atoms with E-state index in [0.29, 0.717) is 11.4 Å². The van der Waals surface area contributed by atoms with Gasteiger partial charge in [-0.05, 0) is 25.4 Å². The number of likely N-dealkylation sites (N-methyl/N-ethyl adjacent to an activating group) is 1. The first-order valence-corrected chi connectivity index (χ1v) is 4.74. The van der Waals surface area contributed by atoms with E-state index in [9.17, 15) is 4.79 Å². The number of rotatable bonds is 0. The van der Waals surface area contributed by atoms with E-state index in [-0.39, 0.29) is 11.1 Å². The first-order valence-electron chi connectivity index (χ1n) is 5.86. The molecule has 1 atom stereocenters. The van der Waals surface area contributed by atoms with Crippen molar-refractivity contribution in [3.8, 4) is 0 Å². The highest BCUT2D eigenvalue weighted by Crippen LogP contribution is 2.31. The minimum Gasteiger partial charge on any atom is -0.346 e. The molecule has 1 N–H and O–H groups in total. The first kappa shape index (κ1) is 7.00. The standard InChI is InChI=1S/C9H11ClN4O/c1-4-6-7(13-9(10)11-4)14(3)5(2)8(15)12-6/h5H,1-3H3,(H,12,15)/t5-/m0/s1/i3D3. The fourth-order valence-electron chi connectivity index (χ4n) is 1.37. The van der Waals surface area contributed by atoms with Gasteiger partial charge in [-0.3, -0.25) is 4.79 Å². The molecule has 6 heteroatoms. The van der Waals surface area contributed by atoms with E-state index in [2.05, 4.69) is 15.3 Å². The number of nitrogens with one attached hydrogen (secondary N) is 1. The highest BCUT2D eigenvalue weighted by atomic mass is 35.5. The van der Waals surface area contributed by atoms with Crippen molar-refractivity contribution < 1.29 is 8.91 Å². The van der Waals surface area contributed by atoms with Crippen molar-refractivity contribution in [2.45, 2.75) is 19.9 Å². The molecule has 1 aromatic rings. The van der Waals surface area contributed by atoms with Gasteiger partial charge in [0.1, 0.15) is 11.7 Å². The van der Waals surface area contributed by atoms with Crippen LogP contribution in [0.3, 0.4) is 0 Å². The van der Waals surface area contributed by atoms with Crippen molar-refractivity contribution in [1.82, 2.24) is 9.97 Å². The van der Waals surface area contributed by atoms with Crippen LogP contribution >= 0.6 is 11.6 Å². The van der Waals surface area contributed by atoms with E-state index in [4.69, 9.17) is 15.7 Å². The summed E-state index contributed by atoms with van der Waals surface area (Å²) in [7, 11) is 0. The zero-order valence-electron chi connectivity index (χ0n) is 11.2. The van der Waals surface area contributed by atoms with Crippen LogP contribution in [0.1, 0.15) is 16.7 Å². The largest absolute Gasteiger partial charge is 0.346 e. The van der Waals surface area contributed by atoms with Gasteiger partial charge in [0, 0.05) is 11.1 Å². The number of aryl methyl sites for hydroxylation is 1. The smallest absolute Gasteiger partial charge is 0.246 e. The zero-order valence-corrected chi connectivity index (χ0v) is 8.96. The Morgan fingerprint density at radius 1 is 1.60 bits per heavy atom. The van der Waals surface area contributed by atoms with Crippen LogP contribution in [0.4, 0.5) is 11.5 Å². The predicted octanol–water partition coefficient (Wildman–Crippen LogP) is 1.22. The Morgan fingerprint density at radius 3 is 3.00 bits per heavy atom. The fourth-order valence-corrected chi connectivity index (χ4v) is 1.58. The van der Waals surface area contributed by atoms with Gasteiger partial charge in [0.15, 0.2) is 5.82 Å². The Bertz CT molecular complexity index is 519. The summed E-state index contributed by atoms with van der Waals surface area (Å²) < 4.78 is 22.5. The van der Waals surface area contributed by atoms with Gasteiger partial charge in [-0.2, -0.15) is 4.98 Å². The highest BCUT2D eigenvalue weighted by Gasteiger charge is 2.29. The Balaban J connectivity index is 2.66. The van der Waals surface area contributed by atoms with Gasteiger partial charge < -0.3 is 10.2 Å². The summed E-state index contributed by atoms with van der Waals surface area (Å²) in [6.07, 6.45) is 0. The molecule has 0 aliphatic carbocycles. The summed E-state index contributed by atoms with van der Waals surface area (Å²) in [5, 5.41) is 2.54. The quantitative estimate of drug-likeness (QED) is 0.680. The lowest BCUT2D eigenvalue weighted by Gasteiger charge is -2.32. The average molecular weight is 230 g/mol. The SMILES string of the molecule is [2H]C([2H])([2H])N1c2nc(Cl)nc(C)c2NC(=O)[C@@H]1C. The van der Waals surface area contributed by atoms with Crippen LogP contribution in [0, 0.1) is 6.92 Å². The minimum absolute atomic E-state index is 0.0520.